The van der Waals surface area contributed by atoms with Gasteiger partial charge in [-0.1, -0.05) is 11.8 Å². The monoisotopic (exact) mass is 376 g/mol. The molecule has 1 aromatic heterocycles. The van der Waals surface area contributed by atoms with Crippen LogP contribution >= 0.6 is 11.8 Å². The second-order valence-corrected chi connectivity index (χ2v) is 5.90. The Kier molecular flexibility index (Phi) is 5.99. The summed E-state index contributed by atoms with van der Waals surface area (Å²) in [5.74, 6) is -2.60. The van der Waals surface area contributed by atoms with E-state index in [4.69, 9.17) is 0 Å². The molecule has 134 valence electrons. The lowest BCUT2D eigenvalue weighted by molar-refractivity contribution is -0.137. The van der Waals surface area contributed by atoms with E-state index in [9.17, 15) is 26.7 Å². The first kappa shape index (κ1) is 19.2. The maximum Gasteiger partial charge on any atom is 0.417 e. The predicted octanol–water partition coefficient (Wildman–Crippen LogP) is 4.52. The molecule has 0 fully saturated rings. The van der Waals surface area contributed by atoms with Crippen LogP contribution in [0.2, 0.25) is 0 Å². The van der Waals surface area contributed by atoms with Gasteiger partial charge in [0.2, 0.25) is 5.91 Å². The number of amides is 1. The second-order valence-electron chi connectivity index (χ2n) is 4.91. The fourth-order valence-electron chi connectivity index (χ4n) is 2.00. The Hall–Kier alpha value is -2.16. The molecule has 1 amide bonds. The molecule has 0 radical (unpaired) electrons. The summed E-state index contributed by atoms with van der Waals surface area (Å²) < 4.78 is 63.7. The summed E-state index contributed by atoms with van der Waals surface area (Å²) in [6, 6.07) is 5.17. The minimum atomic E-state index is -4.47. The maximum atomic E-state index is 13.3. The van der Waals surface area contributed by atoms with Gasteiger partial charge in [0.15, 0.2) is 11.6 Å². The smallest absolute Gasteiger partial charge is 0.312 e. The first-order chi connectivity index (χ1) is 11.7. The highest BCUT2D eigenvalue weighted by Gasteiger charge is 2.30. The Morgan fingerprint density at radius 2 is 1.88 bits per heavy atom. The van der Waals surface area contributed by atoms with Gasteiger partial charge in [0.25, 0.3) is 0 Å². The molecule has 0 spiro atoms. The zero-order chi connectivity index (χ0) is 18.6. The lowest BCUT2D eigenvalue weighted by atomic mass is 10.2. The molecule has 25 heavy (non-hydrogen) atoms. The van der Waals surface area contributed by atoms with Crippen molar-refractivity contribution in [1.29, 1.82) is 0 Å². The maximum absolute atomic E-state index is 13.3. The minimum Gasteiger partial charge on any atom is -0.312 e. The number of hydrogen-bond donors (Lipinski definition) is 0. The number of carbonyl (C=O) groups is 1. The average Bonchev–Trinajstić information content (AvgIpc) is 2.56. The van der Waals surface area contributed by atoms with Gasteiger partial charge < -0.3 is 4.90 Å². The van der Waals surface area contributed by atoms with E-state index in [1.54, 1.807) is 6.92 Å². The molecular weight excluding hydrogens is 363 g/mol. The van der Waals surface area contributed by atoms with Crippen LogP contribution in [0.5, 0.6) is 0 Å². The third kappa shape index (κ3) is 4.91. The topological polar surface area (TPSA) is 33.2 Å². The van der Waals surface area contributed by atoms with Crippen LogP contribution in [0.1, 0.15) is 12.5 Å². The van der Waals surface area contributed by atoms with Crippen LogP contribution in [0.3, 0.4) is 0 Å². The first-order valence-electron chi connectivity index (χ1n) is 7.14. The molecule has 2 aromatic rings. The third-order valence-corrected chi connectivity index (χ3v) is 4.17. The fraction of sp³-hybridized carbons (Fsp3) is 0.250. The van der Waals surface area contributed by atoms with Crippen LogP contribution in [0.15, 0.2) is 41.6 Å². The number of nitrogens with zero attached hydrogens (tertiary/aromatic N) is 2. The van der Waals surface area contributed by atoms with Gasteiger partial charge in [-0.05, 0) is 31.2 Å². The van der Waals surface area contributed by atoms with Crippen LogP contribution in [0.4, 0.5) is 27.6 Å². The normalized spacial score (nSPS) is 11.4. The van der Waals surface area contributed by atoms with Gasteiger partial charge in [0, 0.05) is 24.5 Å². The average molecular weight is 376 g/mol. The van der Waals surface area contributed by atoms with Gasteiger partial charge >= 0.3 is 6.18 Å². The first-order valence-corrected chi connectivity index (χ1v) is 8.12. The number of halogens is 5. The van der Waals surface area contributed by atoms with Crippen molar-refractivity contribution in [2.75, 3.05) is 17.2 Å². The number of anilines is 1. The molecule has 0 saturated carbocycles. The summed E-state index contributed by atoms with van der Waals surface area (Å²) >= 11 is 0.956. The van der Waals surface area contributed by atoms with E-state index in [0.717, 1.165) is 30.0 Å². The van der Waals surface area contributed by atoms with Crippen molar-refractivity contribution in [2.24, 2.45) is 0 Å². The quantitative estimate of drug-likeness (QED) is 0.568. The SMILES string of the molecule is CCN(C(=O)CSc1ccc(C(F)(F)F)cn1)c1ccc(F)c(F)c1. The van der Waals surface area contributed by atoms with Gasteiger partial charge in [-0.15, -0.1) is 0 Å². The molecule has 2 rings (SSSR count). The Bertz CT molecular complexity index is 749. The molecule has 0 aliphatic rings. The van der Waals surface area contributed by atoms with E-state index in [0.29, 0.717) is 6.20 Å². The van der Waals surface area contributed by atoms with Crippen molar-refractivity contribution in [2.45, 2.75) is 18.1 Å². The number of aromatic nitrogens is 1. The Labute approximate surface area is 144 Å². The van der Waals surface area contributed by atoms with Crippen molar-refractivity contribution in [3.05, 3.63) is 53.7 Å². The highest BCUT2D eigenvalue weighted by atomic mass is 32.2. The van der Waals surface area contributed by atoms with Gasteiger partial charge in [-0.3, -0.25) is 4.79 Å². The molecule has 0 unspecified atom stereocenters. The van der Waals surface area contributed by atoms with E-state index in [1.807, 2.05) is 0 Å². The molecule has 0 N–H and O–H groups in total. The minimum absolute atomic E-state index is 0.106. The lowest BCUT2D eigenvalue weighted by Crippen LogP contribution is -2.32. The zero-order valence-corrected chi connectivity index (χ0v) is 13.8. The summed E-state index contributed by atoms with van der Waals surface area (Å²) in [5, 5.41) is 0.252. The number of rotatable bonds is 5. The molecule has 1 heterocycles. The van der Waals surface area contributed by atoms with Crippen LogP contribution < -0.4 is 4.90 Å². The molecule has 0 saturated heterocycles. The van der Waals surface area contributed by atoms with E-state index in [2.05, 4.69) is 4.98 Å². The Balaban J connectivity index is 2.03. The number of thioether (sulfide) groups is 1. The van der Waals surface area contributed by atoms with Crippen molar-refractivity contribution in [3.8, 4) is 0 Å². The molecule has 3 nitrogen and oxygen atoms in total. The van der Waals surface area contributed by atoms with Crippen LogP contribution in [0.25, 0.3) is 0 Å². The highest BCUT2D eigenvalue weighted by molar-refractivity contribution is 7.99. The molecule has 0 bridgehead atoms. The number of alkyl halides is 3. The summed E-state index contributed by atoms with van der Waals surface area (Å²) in [7, 11) is 0. The van der Waals surface area contributed by atoms with Crippen LogP contribution in [-0.4, -0.2) is 23.2 Å². The van der Waals surface area contributed by atoms with Gasteiger partial charge in [-0.25, -0.2) is 13.8 Å². The number of benzene rings is 1. The number of carbonyl (C=O) groups excluding carboxylic acids is 1. The van der Waals surface area contributed by atoms with Gasteiger partial charge in [-0.2, -0.15) is 13.2 Å². The van der Waals surface area contributed by atoms with E-state index in [1.165, 1.54) is 17.0 Å². The summed E-state index contributed by atoms with van der Waals surface area (Å²) in [6.45, 7) is 1.89. The summed E-state index contributed by atoms with van der Waals surface area (Å²) in [5.41, 5.74) is -0.674. The van der Waals surface area contributed by atoms with Crippen molar-refractivity contribution in [3.63, 3.8) is 0 Å². The molecular formula is C16H13F5N2OS. The second kappa shape index (κ2) is 7.81. The lowest BCUT2D eigenvalue weighted by Gasteiger charge is -2.21. The van der Waals surface area contributed by atoms with Crippen molar-refractivity contribution < 1.29 is 26.7 Å². The van der Waals surface area contributed by atoms with Crippen molar-refractivity contribution in [1.82, 2.24) is 4.98 Å². The fourth-order valence-corrected chi connectivity index (χ4v) is 2.72. The molecule has 0 aliphatic heterocycles. The molecule has 1 aromatic carbocycles. The van der Waals surface area contributed by atoms with E-state index < -0.39 is 29.3 Å². The van der Waals surface area contributed by atoms with E-state index in [-0.39, 0.29) is 23.0 Å². The number of hydrogen-bond acceptors (Lipinski definition) is 3. The standard InChI is InChI=1S/C16H13F5N2OS/c1-2-23(11-4-5-12(17)13(18)7-11)15(24)9-25-14-6-3-10(8-22-14)16(19,20)21/h3-8H,2,9H2,1H3. The van der Waals surface area contributed by atoms with Crippen molar-refractivity contribution >= 4 is 23.4 Å². The molecule has 9 heteroatoms. The summed E-state index contributed by atoms with van der Waals surface area (Å²) in [4.78, 5) is 17.2. The number of pyridine rings is 1. The van der Waals surface area contributed by atoms with E-state index >= 15 is 0 Å². The zero-order valence-electron chi connectivity index (χ0n) is 13.0. The third-order valence-electron chi connectivity index (χ3n) is 3.24. The van der Waals surface area contributed by atoms with Crippen LogP contribution in [-0.2, 0) is 11.0 Å². The highest BCUT2D eigenvalue weighted by Crippen LogP contribution is 2.29. The Morgan fingerprint density at radius 1 is 1.16 bits per heavy atom. The molecule has 0 atom stereocenters. The van der Waals surface area contributed by atoms with Crippen LogP contribution in [0, 0.1) is 11.6 Å². The Morgan fingerprint density at radius 3 is 2.40 bits per heavy atom. The summed E-state index contributed by atoms with van der Waals surface area (Å²) in [6.07, 6.45) is -3.78. The van der Waals surface area contributed by atoms with Gasteiger partial charge in [0.05, 0.1) is 16.3 Å². The largest absolute Gasteiger partial charge is 0.417 e. The van der Waals surface area contributed by atoms with Gasteiger partial charge in [0.1, 0.15) is 0 Å². The molecule has 0 aliphatic carbocycles. The predicted molar refractivity (Wildman–Crippen MR) is 84.3 cm³/mol.